The maximum absolute atomic E-state index is 12.2. The number of rotatable bonds is 3. The van der Waals surface area contributed by atoms with Gasteiger partial charge in [0.2, 0.25) is 0 Å². The number of nitro benzene ring substituents is 1. The lowest BCUT2D eigenvalue weighted by molar-refractivity contribution is -0.384. The number of furan rings is 1. The van der Waals surface area contributed by atoms with Crippen LogP contribution in [0.25, 0.3) is 0 Å². The molecule has 0 unspecified atom stereocenters. The lowest BCUT2D eigenvalue weighted by atomic mass is 10.1. The number of nitriles is 1. The van der Waals surface area contributed by atoms with Crippen molar-refractivity contribution in [3.63, 3.8) is 0 Å². The second-order valence-corrected chi connectivity index (χ2v) is 5.33. The molecular weight excluding hydrogens is 312 g/mol. The summed E-state index contributed by atoms with van der Waals surface area (Å²) >= 11 is 0. The molecule has 0 saturated carbocycles. The van der Waals surface area contributed by atoms with Crippen molar-refractivity contribution in [2.24, 2.45) is 0 Å². The second kappa shape index (κ2) is 6.42. The average Bonchev–Trinajstić information content (AvgIpc) is 3.15. The van der Waals surface area contributed by atoms with Gasteiger partial charge in [-0.3, -0.25) is 14.9 Å². The highest BCUT2D eigenvalue weighted by molar-refractivity contribution is 5.91. The van der Waals surface area contributed by atoms with Crippen LogP contribution < -0.4 is 4.90 Å². The number of nitrogens with zero attached hydrogens (tertiary/aromatic N) is 4. The van der Waals surface area contributed by atoms with Gasteiger partial charge in [0.1, 0.15) is 6.07 Å². The lowest BCUT2D eigenvalue weighted by Crippen LogP contribution is -2.48. The van der Waals surface area contributed by atoms with E-state index in [0.29, 0.717) is 37.6 Å². The lowest BCUT2D eigenvalue weighted by Gasteiger charge is -2.36. The molecule has 0 radical (unpaired) electrons. The van der Waals surface area contributed by atoms with Crippen molar-refractivity contribution in [1.82, 2.24) is 4.90 Å². The van der Waals surface area contributed by atoms with Crippen LogP contribution in [0.3, 0.4) is 0 Å². The Morgan fingerprint density at radius 2 is 2.00 bits per heavy atom. The van der Waals surface area contributed by atoms with E-state index in [1.54, 1.807) is 23.1 Å². The van der Waals surface area contributed by atoms with E-state index in [2.05, 4.69) is 0 Å². The van der Waals surface area contributed by atoms with E-state index in [0.717, 1.165) is 0 Å². The zero-order valence-electron chi connectivity index (χ0n) is 12.7. The highest BCUT2D eigenvalue weighted by Gasteiger charge is 2.25. The van der Waals surface area contributed by atoms with Gasteiger partial charge < -0.3 is 14.2 Å². The summed E-state index contributed by atoms with van der Waals surface area (Å²) in [6.45, 7) is 2.06. The van der Waals surface area contributed by atoms with Crippen molar-refractivity contribution in [3.05, 3.63) is 58.0 Å². The van der Waals surface area contributed by atoms with E-state index in [1.165, 1.54) is 18.4 Å². The number of benzene rings is 1. The first-order valence-corrected chi connectivity index (χ1v) is 7.36. The standard InChI is InChI=1S/C16H14N4O4/c17-11-12-10-13(20(22)23)3-4-14(12)18-5-7-19(8-6-18)16(21)15-2-1-9-24-15/h1-4,9-10H,5-8H2. The van der Waals surface area contributed by atoms with Crippen LogP contribution in [0.15, 0.2) is 41.0 Å². The van der Waals surface area contributed by atoms with E-state index in [9.17, 15) is 20.2 Å². The quantitative estimate of drug-likeness (QED) is 0.631. The smallest absolute Gasteiger partial charge is 0.289 e. The zero-order valence-corrected chi connectivity index (χ0v) is 12.7. The molecule has 1 aromatic carbocycles. The Morgan fingerprint density at radius 1 is 1.25 bits per heavy atom. The number of anilines is 1. The molecule has 0 aliphatic carbocycles. The van der Waals surface area contributed by atoms with Crippen molar-refractivity contribution in [2.45, 2.75) is 0 Å². The third kappa shape index (κ3) is 2.92. The Kier molecular flexibility index (Phi) is 4.16. The molecule has 8 heteroatoms. The van der Waals surface area contributed by atoms with E-state index in [1.807, 2.05) is 11.0 Å². The predicted molar refractivity (Wildman–Crippen MR) is 84.6 cm³/mol. The Labute approximate surface area is 137 Å². The molecule has 1 aromatic heterocycles. The van der Waals surface area contributed by atoms with E-state index >= 15 is 0 Å². The van der Waals surface area contributed by atoms with Crippen LogP contribution in [0.1, 0.15) is 16.1 Å². The summed E-state index contributed by atoms with van der Waals surface area (Å²) in [5.74, 6) is 0.139. The summed E-state index contributed by atoms with van der Waals surface area (Å²) in [4.78, 5) is 26.2. The molecule has 0 N–H and O–H groups in total. The predicted octanol–water partition coefficient (Wildman–Crippen LogP) is 2.02. The molecule has 1 aliphatic rings. The monoisotopic (exact) mass is 326 g/mol. The summed E-state index contributed by atoms with van der Waals surface area (Å²) in [7, 11) is 0. The van der Waals surface area contributed by atoms with Crippen LogP contribution in [-0.2, 0) is 0 Å². The number of non-ortho nitro benzene ring substituents is 1. The van der Waals surface area contributed by atoms with E-state index in [4.69, 9.17) is 4.42 Å². The van der Waals surface area contributed by atoms with Crippen molar-refractivity contribution in [2.75, 3.05) is 31.1 Å². The Balaban J connectivity index is 1.72. The zero-order chi connectivity index (χ0) is 17.1. The molecule has 1 saturated heterocycles. The van der Waals surface area contributed by atoms with Crippen LogP contribution in [0.2, 0.25) is 0 Å². The fourth-order valence-corrected chi connectivity index (χ4v) is 2.71. The van der Waals surface area contributed by atoms with Gasteiger partial charge in [-0.15, -0.1) is 0 Å². The van der Waals surface area contributed by atoms with E-state index in [-0.39, 0.29) is 17.2 Å². The van der Waals surface area contributed by atoms with Gasteiger partial charge >= 0.3 is 0 Å². The van der Waals surface area contributed by atoms with Gasteiger partial charge in [-0.1, -0.05) is 0 Å². The number of hydrogen-bond donors (Lipinski definition) is 0. The van der Waals surface area contributed by atoms with E-state index < -0.39 is 4.92 Å². The Hall–Kier alpha value is -3.34. The maximum Gasteiger partial charge on any atom is 0.289 e. The molecule has 0 atom stereocenters. The van der Waals surface area contributed by atoms with Crippen LogP contribution in [0, 0.1) is 21.4 Å². The molecule has 1 aliphatic heterocycles. The number of amides is 1. The fourth-order valence-electron chi connectivity index (χ4n) is 2.71. The fraction of sp³-hybridized carbons (Fsp3) is 0.250. The first-order valence-electron chi connectivity index (χ1n) is 7.36. The molecule has 24 heavy (non-hydrogen) atoms. The molecular formula is C16H14N4O4. The molecule has 2 aromatic rings. The largest absolute Gasteiger partial charge is 0.459 e. The van der Waals surface area contributed by atoms with Crippen molar-refractivity contribution < 1.29 is 14.1 Å². The second-order valence-electron chi connectivity index (χ2n) is 5.33. The highest BCUT2D eigenvalue weighted by Crippen LogP contribution is 2.26. The summed E-state index contributed by atoms with van der Waals surface area (Å²) in [5.41, 5.74) is 0.796. The minimum atomic E-state index is -0.523. The van der Waals surface area contributed by atoms with Crippen molar-refractivity contribution >= 4 is 17.3 Å². The van der Waals surface area contributed by atoms with Crippen LogP contribution in [-0.4, -0.2) is 41.9 Å². The summed E-state index contributed by atoms with van der Waals surface area (Å²) < 4.78 is 5.12. The average molecular weight is 326 g/mol. The van der Waals surface area contributed by atoms with Gasteiger partial charge in [0.15, 0.2) is 5.76 Å². The molecule has 0 spiro atoms. The first-order chi connectivity index (χ1) is 11.6. The third-order valence-electron chi connectivity index (χ3n) is 3.95. The highest BCUT2D eigenvalue weighted by atomic mass is 16.6. The Bertz CT molecular complexity index is 802. The van der Waals surface area contributed by atoms with Gasteiger partial charge in [0, 0.05) is 38.3 Å². The molecule has 1 fully saturated rings. The van der Waals surface area contributed by atoms with Crippen LogP contribution >= 0.6 is 0 Å². The summed E-state index contributed by atoms with van der Waals surface area (Å²) in [5, 5.41) is 20.1. The number of carbonyl (C=O) groups excluding carboxylic acids is 1. The van der Waals surface area contributed by atoms with Crippen molar-refractivity contribution in [1.29, 1.82) is 5.26 Å². The molecule has 122 valence electrons. The van der Waals surface area contributed by atoms with Gasteiger partial charge in [-0.05, 0) is 18.2 Å². The topological polar surface area (TPSA) is 104 Å². The SMILES string of the molecule is N#Cc1cc([N+](=O)[O-])ccc1N1CCN(C(=O)c2ccco2)CC1. The Morgan fingerprint density at radius 3 is 2.58 bits per heavy atom. The normalized spacial score (nSPS) is 14.3. The minimum Gasteiger partial charge on any atom is -0.459 e. The van der Waals surface area contributed by atoms with Gasteiger partial charge in [-0.25, -0.2) is 0 Å². The molecule has 2 heterocycles. The summed E-state index contributed by atoms with van der Waals surface area (Å²) in [6.07, 6.45) is 1.46. The van der Waals surface area contributed by atoms with Crippen LogP contribution in [0.4, 0.5) is 11.4 Å². The number of nitro groups is 1. The van der Waals surface area contributed by atoms with Crippen molar-refractivity contribution in [3.8, 4) is 6.07 Å². The van der Waals surface area contributed by atoms with Gasteiger partial charge in [-0.2, -0.15) is 5.26 Å². The van der Waals surface area contributed by atoms with Crippen LogP contribution in [0.5, 0.6) is 0 Å². The number of hydrogen-bond acceptors (Lipinski definition) is 6. The van der Waals surface area contributed by atoms with Gasteiger partial charge in [0.25, 0.3) is 11.6 Å². The molecule has 3 rings (SSSR count). The first kappa shape index (κ1) is 15.6. The third-order valence-corrected chi connectivity index (χ3v) is 3.95. The number of carbonyl (C=O) groups is 1. The minimum absolute atomic E-state index is 0.109. The maximum atomic E-state index is 12.2. The molecule has 0 bridgehead atoms. The molecule has 8 nitrogen and oxygen atoms in total. The summed E-state index contributed by atoms with van der Waals surface area (Å²) in [6, 6.07) is 9.54. The van der Waals surface area contributed by atoms with Gasteiger partial charge in [0.05, 0.1) is 22.4 Å². The number of piperazine rings is 1. The molecule has 1 amide bonds.